The van der Waals surface area contributed by atoms with E-state index in [0.717, 1.165) is 23.7 Å². The third kappa shape index (κ3) is 2.48. The number of rotatable bonds is 5. The van der Waals surface area contributed by atoms with Crippen LogP contribution in [0.25, 0.3) is 0 Å². The van der Waals surface area contributed by atoms with Crippen LogP contribution in [0.15, 0.2) is 28.7 Å². The fourth-order valence-electron chi connectivity index (χ4n) is 2.89. The summed E-state index contributed by atoms with van der Waals surface area (Å²) in [5, 5.41) is 0.275. The van der Waals surface area contributed by atoms with Crippen molar-refractivity contribution in [1.29, 1.82) is 0 Å². The summed E-state index contributed by atoms with van der Waals surface area (Å²) >= 11 is 9.95. The van der Waals surface area contributed by atoms with Crippen LogP contribution in [0.2, 0.25) is 0 Å². The maximum Gasteiger partial charge on any atom is 0.0731 e. The van der Waals surface area contributed by atoms with E-state index >= 15 is 0 Å². The third-order valence-electron chi connectivity index (χ3n) is 4.40. The number of hydrogen-bond donors (Lipinski definition) is 0. The van der Waals surface area contributed by atoms with E-state index in [-0.39, 0.29) is 10.8 Å². The topological polar surface area (TPSA) is 9.23 Å². The molecule has 0 aromatic heterocycles. The Labute approximate surface area is 123 Å². The molecule has 0 N–H and O–H groups in total. The smallest absolute Gasteiger partial charge is 0.0731 e. The molecular formula is C15H20BrClO. The lowest BCUT2D eigenvalue weighted by Gasteiger charge is -2.52. The Kier molecular flexibility index (Phi) is 4.74. The van der Waals surface area contributed by atoms with E-state index in [1.165, 1.54) is 5.56 Å². The van der Waals surface area contributed by atoms with Crippen molar-refractivity contribution in [3.05, 3.63) is 34.3 Å². The lowest BCUT2D eigenvalue weighted by molar-refractivity contribution is -0.119. The molecule has 1 aromatic carbocycles. The van der Waals surface area contributed by atoms with E-state index in [4.69, 9.17) is 16.3 Å². The highest BCUT2D eigenvalue weighted by Crippen LogP contribution is 2.52. The molecular weight excluding hydrogens is 312 g/mol. The fourth-order valence-corrected chi connectivity index (χ4v) is 3.90. The summed E-state index contributed by atoms with van der Waals surface area (Å²) in [6.07, 6.45) is 3.48. The van der Waals surface area contributed by atoms with Gasteiger partial charge >= 0.3 is 0 Å². The standard InChI is InChI=1S/C15H20BrClO/c1-3-15(4-2)13(17)9-14(15)18-10-11-7-5-6-8-12(11)16/h5-8,13-14H,3-4,9-10H2,1-2H3. The summed E-state index contributed by atoms with van der Waals surface area (Å²) in [5.74, 6) is 0. The Morgan fingerprint density at radius 2 is 2.00 bits per heavy atom. The molecule has 0 spiro atoms. The Balaban J connectivity index is 1.98. The molecule has 0 amide bonds. The molecule has 3 heteroatoms. The summed E-state index contributed by atoms with van der Waals surface area (Å²) in [5.41, 5.74) is 1.39. The highest BCUT2D eigenvalue weighted by Gasteiger charge is 2.52. The molecule has 1 saturated carbocycles. The molecule has 0 saturated heterocycles. The molecule has 1 aliphatic rings. The molecule has 0 heterocycles. The molecule has 0 radical (unpaired) electrons. The van der Waals surface area contributed by atoms with E-state index in [0.29, 0.717) is 12.7 Å². The van der Waals surface area contributed by atoms with Crippen molar-refractivity contribution < 1.29 is 4.74 Å². The van der Waals surface area contributed by atoms with Crippen molar-refractivity contribution in [2.75, 3.05) is 0 Å². The van der Waals surface area contributed by atoms with Gasteiger partial charge in [-0.15, -0.1) is 11.6 Å². The molecule has 2 unspecified atom stereocenters. The minimum Gasteiger partial charge on any atom is -0.373 e. The van der Waals surface area contributed by atoms with Crippen LogP contribution in [-0.4, -0.2) is 11.5 Å². The molecule has 1 fully saturated rings. The predicted octanol–water partition coefficient (Wildman–Crippen LogP) is 5.15. The van der Waals surface area contributed by atoms with Crippen molar-refractivity contribution in [3.8, 4) is 0 Å². The van der Waals surface area contributed by atoms with Crippen LogP contribution in [0.4, 0.5) is 0 Å². The first-order chi connectivity index (χ1) is 8.64. The maximum absolute atomic E-state index is 6.39. The zero-order chi connectivity index (χ0) is 13.2. The number of halogens is 2. The first-order valence-electron chi connectivity index (χ1n) is 6.63. The van der Waals surface area contributed by atoms with Gasteiger partial charge in [-0.2, -0.15) is 0 Å². The molecule has 1 aromatic rings. The lowest BCUT2D eigenvalue weighted by atomic mass is 9.62. The highest BCUT2D eigenvalue weighted by molar-refractivity contribution is 9.10. The number of hydrogen-bond acceptors (Lipinski definition) is 1. The monoisotopic (exact) mass is 330 g/mol. The predicted molar refractivity (Wildman–Crippen MR) is 80.0 cm³/mol. The summed E-state index contributed by atoms with van der Waals surface area (Å²) in [6, 6.07) is 8.22. The van der Waals surface area contributed by atoms with Gasteiger partial charge < -0.3 is 4.74 Å². The van der Waals surface area contributed by atoms with Crippen molar-refractivity contribution >= 4 is 27.5 Å². The Morgan fingerprint density at radius 3 is 2.56 bits per heavy atom. The van der Waals surface area contributed by atoms with Gasteiger partial charge in [-0.3, -0.25) is 0 Å². The third-order valence-corrected chi connectivity index (χ3v) is 5.79. The molecule has 2 atom stereocenters. The van der Waals surface area contributed by atoms with Gasteiger partial charge in [-0.05, 0) is 30.9 Å². The molecule has 1 aliphatic carbocycles. The molecule has 2 rings (SSSR count). The van der Waals surface area contributed by atoms with Gasteiger partial charge in [-0.1, -0.05) is 48.0 Å². The van der Waals surface area contributed by atoms with Gasteiger partial charge in [0.15, 0.2) is 0 Å². The molecule has 0 aliphatic heterocycles. The first kappa shape index (κ1) is 14.4. The van der Waals surface area contributed by atoms with Gasteiger partial charge in [-0.25, -0.2) is 0 Å². The average molecular weight is 332 g/mol. The van der Waals surface area contributed by atoms with E-state index in [2.05, 4.69) is 41.9 Å². The van der Waals surface area contributed by atoms with Gasteiger partial charge in [0.25, 0.3) is 0 Å². The van der Waals surface area contributed by atoms with Gasteiger partial charge in [0.1, 0.15) is 0 Å². The normalized spacial score (nSPS) is 25.8. The Morgan fingerprint density at radius 1 is 1.33 bits per heavy atom. The van der Waals surface area contributed by atoms with Crippen molar-refractivity contribution in [2.24, 2.45) is 5.41 Å². The van der Waals surface area contributed by atoms with Crippen LogP contribution < -0.4 is 0 Å². The van der Waals surface area contributed by atoms with Crippen LogP contribution >= 0.6 is 27.5 Å². The highest BCUT2D eigenvalue weighted by atomic mass is 79.9. The second-order valence-corrected chi connectivity index (χ2v) is 6.42. The minimum absolute atomic E-state index is 0.183. The van der Waals surface area contributed by atoms with Crippen molar-refractivity contribution in [2.45, 2.75) is 51.2 Å². The largest absolute Gasteiger partial charge is 0.373 e. The fraction of sp³-hybridized carbons (Fsp3) is 0.600. The van der Waals surface area contributed by atoms with E-state index < -0.39 is 0 Å². The van der Waals surface area contributed by atoms with Crippen molar-refractivity contribution in [1.82, 2.24) is 0 Å². The number of ether oxygens (including phenoxy) is 1. The first-order valence-corrected chi connectivity index (χ1v) is 7.86. The van der Waals surface area contributed by atoms with Crippen LogP contribution in [0.1, 0.15) is 38.7 Å². The van der Waals surface area contributed by atoms with E-state index in [1.54, 1.807) is 0 Å². The summed E-state index contributed by atoms with van der Waals surface area (Å²) < 4.78 is 7.21. The van der Waals surface area contributed by atoms with Gasteiger partial charge in [0.05, 0.1) is 12.7 Å². The lowest BCUT2D eigenvalue weighted by Crippen LogP contribution is -2.55. The average Bonchev–Trinajstić information content (AvgIpc) is 2.37. The van der Waals surface area contributed by atoms with Crippen LogP contribution in [0.3, 0.4) is 0 Å². The van der Waals surface area contributed by atoms with Crippen LogP contribution in [0.5, 0.6) is 0 Å². The second-order valence-electron chi connectivity index (χ2n) is 5.03. The van der Waals surface area contributed by atoms with Crippen LogP contribution in [-0.2, 0) is 11.3 Å². The Hall–Kier alpha value is -0.0500. The minimum atomic E-state index is 0.183. The van der Waals surface area contributed by atoms with Crippen molar-refractivity contribution in [3.63, 3.8) is 0 Å². The van der Waals surface area contributed by atoms with Gasteiger partial charge in [0.2, 0.25) is 0 Å². The quantitative estimate of drug-likeness (QED) is 0.678. The van der Waals surface area contributed by atoms with Gasteiger partial charge in [0, 0.05) is 15.3 Å². The summed E-state index contributed by atoms with van der Waals surface area (Å²) in [6.45, 7) is 5.09. The number of benzene rings is 1. The SMILES string of the molecule is CCC1(CC)C(Cl)CC1OCc1ccccc1Br. The summed E-state index contributed by atoms with van der Waals surface area (Å²) in [7, 11) is 0. The molecule has 18 heavy (non-hydrogen) atoms. The molecule has 1 nitrogen and oxygen atoms in total. The van der Waals surface area contributed by atoms with Crippen LogP contribution in [0, 0.1) is 5.41 Å². The second kappa shape index (κ2) is 5.94. The number of alkyl halides is 1. The maximum atomic E-state index is 6.39. The van der Waals surface area contributed by atoms with E-state index in [1.807, 2.05) is 12.1 Å². The van der Waals surface area contributed by atoms with E-state index in [9.17, 15) is 0 Å². The molecule has 0 bridgehead atoms. The molecule has 100 valence electrons. The summed E-state index contributed by atoms with van der Waals surface area (Å²) in [4.78, 5) is 0. The Bertz CT molecular complexity index is 403. The zero-order valence-corrected chi connectivity index (χ0v) is 13.3. The zero-order valence-electron chi connectivity index (χ0n) is 11.0.